The fraction of sp³-hybridized carbons (Fsp3) is 0.167. The number of nitrogens with zero attached hydrogens (tertiary/aromatic N) is 2. The number of halogens is 1. The maximum absolute atomic E-state index is 8.79. The molecule has 0 saturated carbocycles. The van der Waals surface area contributed by atoms with Crippen molar-refractivity contribution in [1.82, 2.24) is 4.98 Å². The van der Waals surface area contributed by atoms with E-state index in [4.69, 9.17) is 5.26 Å². The van der Waals surface area contributed by atoms with Gasteiger partial charge in [0.15, 0.2) is 0 Å². The largest absolute Gasteiger partial charge is 0.253 e. The van der Waals surface area contributed by atoms with Crippen LogP contribution in [0.5, 0.6) is 0 Å². The number of pyridine rings is 1. The zero-order valence-electron chi connectivity index (χ0n) is 8.24. The number of alkyl halides is 1. The summed E-state index contributed by atoms with van der Waals surface area (Å²) in [7, 11) is 0. The van der Waals surface area contributed by atoms with Crippen LogP contribution in [0.2, 0.25) is 0 Å². The van der Waals surface area contributed by atoms with Crippen molar-refractivity contribution >= 4 is 26.8 Å². The summed E-state index contributed by atoms with van der Waals surface area (Å²) in [5.41, 5.74) is 2.94. The molecule has 1 unspecified atom stereocenters. The third kappa shape index (κ3) is 2.00. The maximum atomic E-state index is 8.79. The fourth-order valence-electron chi connectivity index (χ4n) is 1.48. The molecule has 0 radical (unpaired) electrons. The average Bonchev–Trinajstić information content (AvgIpc) is 2.27. The Morgan fingerprint density at radius 1 is 1.33 bits per heavy atom. The molecule has 0 saturated heterocycles. The number of hydrogen-bond acceptors (Lipinski definition) is 2. The molecule has 1 aromatic carbocycles. The smallest absolute Gasteiger partial charge is 0.126 e. The van der Waals surface area contributed by atoms with Crippen LogP contribution in [0, 0.1) is 18.3 Å². The first-order chi connectivity index (χ1) is 7.20. The van der Waals surface area contributed by atoms with Crippen molar-refractivity contribution in [2.24, 2.45) is 0 Å². The normalized spacial score (nSPS) is 12.3. The summed E-state index contributed by atoms with van der Waals surface area (Å²) in [5.74, 6) is 0. The number of hydrogen-bond donors (Lipinski definition) is 0. The van der Waals surface area contributed by atoms with E-state index < -0.39 is 0 Å². The topological polar surface area (TPSA) is 36.7 Å². The van der Waals surface area contributed by atoms with Crippen LogP contribution >= 0.6 is 15.9 Å². The summed E-state index contributed by atoms with van der Waals surface area (Å²) in [5, 5.41) is 9.86. The van der Waals surface area contributed by atoms with E-state index in [1.165, 1.54) is 0 Å². The molecule has 0 N–H and O–H groups in total. The molecule has 0 aliphatic carbocycles. The van der Waals surface area contributed by atoms with Crippen LogP contribution in [0.15, 0.2) is 30.3 Å². The second-order valence-electron chi connectivity index (χ2n) is 3.40. The monoisotopic (exact) mass is 260 g/mol. The molecule has 0 spiro atoms. The van der Waals surface area contributed by atoms with Gasteiger partial charge in [0.1, 0.15) is 4.83 Å². The molecule has 2 rings (SSSR count). The first-order valence-electron chi connectivity index (χ1n) is 4.62. The Hall–Kier alpha value is -1.40. The molecule has 2 nitrogen and oxygen atoms in total. The minimum atomic E-state index is -0.247. The number of benzene rings is 1. The van der Waals surface area contributed by atoms with Gasteiger partial charge < -0.3 is 0 Å². The van der Waals surface area contributed by atoms with E-state index >= 15 is 0 Å². The molecule has 3 heteroatoms. The highest BCUT2D eigenvalue weighted by Gasteiger charge is 2.06. The van der Waals surface area contributed by atoms with E-state index in [9.17, 15) is 0 Å². The summed E-state index contributed by atoms with van der Waals surface area (Å²) in [6.07, 6.45) is 0. The van der Waals surface area contributed by atoms with Gasteiger partial charge in [0.05, 0.1) is 11.6 Å². The Kier molecular flexibility index (Phi) is 2.70. The standard InChI is InChI=1S/C12H9BrN2/c1-8-2-3-10-6-9(11(13)7-14)4-5-12(10)15-8/h2-6,11H,1H3. The van der Waals surface area contributed by atoms with E-state index in [1.54, 1.807) is 0 Å². The van der Waals surface area contributed by atoms with E-state index in [-0.39, 0.29) is 4.83 Å². The van der Waals surface area contributed by atoms with Gasteiger partial charge in [-0.15, -0.1) is 0 Å². The third-order valence-corrected chi connectivity index (χ3v) is 2.99. The van der Waals surface area contributed by atoms with Gasteiger partial charge in [0, 0.05) is 11.1 Å². The number of rotatable bonds is 1. The minimum absolute atomic E-state index is 0.247. The van der Waals surface area contributed by atoms with Crippen LogP contribution in [-0.4, -0.2) is 4.98 Å². The van der Waals surface area contributed by atoms with E-state index in [0.717, 1.165) is 22.2 Å². The van der Waals surface area contributed by atoms with E-state index in [2.05, 4.69) is 27.0 Å². The van der Waals surface area contributed by atoms with Gasteiger partial charge in [-0.25, -0.2) is 0 Å². The molecule has 74 valence electrons. The first kappa shape index (κ1) is 10.1. The molecule has 1 heterocycles. The van der Waals surface area contributed by atoms with Crippen molar-refractivity contribution in [3.8, 4) is 6.07 Å². The van der Waals surface area contributed by atoms with Crippen LogP contribution in [-0.2, 0) is 0 Å². The van der Waals surface area contributed by atoms with E-state index in [1.807, 2.05) is 37.3 Å². The van der Waals surface area contributed by atoms with E-state index in [0.29, 0.717) is 0 Å². The number of fused-ring (bicyclic) bond motifs is 1. The maximum Gasteiger partial charge on any atom is 0.126 e. The SMILES string of the molecule is Cc1ccc2cc(C(Br)C#N)ccc2n1. The molecule has 15 heavy (non-hydrogen) atoms. The third-order valence-electron chi connectivity index (χ3n) is 2.26. The van der Waals surface area contributed by atoms with Gasteiger partial charge in [-0.05, 0) is 30.7 Å². The molecular formula is C12H9BrN2. The van der Waals surface area contributed by atoms with Crippen molar-refractivity contribution in [3.05, 3.63) is 41.6 Å². The zero-order chi connectivity index (χ0) is 10.8. The number of aryl methyl sites for hydroxylation is 1. The predicted molar refractivity (Wildman–Crippen MR) is 63.8 cm³/mol. The molecule has 2 aromatic rings. The molecule has 0 aliphatic heterocycles. The quantitative estimate of drug-likeness (QED) is 0.736. The van der Waals surface area contributed by atoms with Crippen LogP contribution < -0.4 is 0 Å². The van der Waals surface area contributed by atoms with Gasteiger partial charge in [0.2, 0.25) is 0 Å². The Balaban J connectivity index is 2.58. The van der Waals surface area contributed by atoms with Gasteiger partial charge >= 0.3 is 0 Å². The highest BCUT2D eigenvalue weighted by atomic mass is 79.9. The molecule has 1 aromatic heterocycles. The lowest BCUT2D eigenvalue weighted by atomic mass is 10.1. The zero-order valence-corrected chi connectivity index (χ0v) is 9.82. The number of nitriles is 1. The Labute approximate surface area is 96.7 Å². The molecule has 0 aliphatic rings. The summed E-state index contributed by atoms with van der Waals surface area (Å²) in [4.78, 5) is 4.16. The molecule has 1 atom stereocenters. The highest BCUT2D eigenvalue weighted by molar-refractivity contribution is 9.09. The first-order valence-corrected chi connectivity index (χ1v) is 5.53. The molecular weight excluding hydrogens is 252 g/mol. The summed E-state index contributed by atoms with van der Waals surface area (Å²) < 4.78 is 0. The van der Waals surface area contributed by atoms with Crippen molar-refractivity contribution in [1.29, 1.82) is 5.26 Å². The highest BCUT2D eigenvalue weighted by Crippen LogP contribution is 2.24. The van der Waals surface area contributed by atoms with Crippen molar-refractivity contribution < 1.29 is 0 Å². The second-order valence-corrected chi connectivity index (χ2v) is 4.31. The number of aromatic nitrogens is 1. The van der Waals surface area contributed by atoms with Crippen LogP contribution in [0.25, 0.3) is 10.9 Å². The Bertz CT molecular complexity index is 543. The van der Waals surface area contributed by atoms with Gasteiger partial charge in [-0.2, -0.15) is 5.26 Å². The van der Waals surface area contributed by atoms with Crippen molar-refractivity contribution in [2.75, 3.05) is 0 Å². The Morgan fingerprint density at radius 2 is 2.13 bits per heavy atom. The molecule has 0 amide bonds. The van der Waals surface area contributed by atoms with Crippen molar-refractivity contribution in [3.63, 3.8) is 0 Å². The van der Waals surface area contributed by atoms with Crippen LogP contribution in [0.4, 0.5) is 0 Å². The van der Waals surface area contributed by atoms with Crippen LogP contribution in [0.1, 0.15) is 16.1 Å². The van der Waals surface area contributed by atoms with Gasteiger partial charge in [-0.1, -0.05) is 28.1 Å². The molecule has 0 fully saturated rings. The fourth-order valence-corrected chi connectivity index (χ4v) is 1.76. The Morgan fingerprint density at radius 3 is 2.87 bits per heavy atom. The lowest BCUT2D eigenvalue weighted by molar-refractivity contribution is 1.23. The summed E-state index contributed by atoms with van der Waals surface area (Å²) in [6, 6.07) is 12.0. The molecule has 0 bridgehead atoms. The predicted octanol–water partition coefficient (Wildman–Crippen LogP) is 3.50. The lowest BCUT2D eigenvalue weighted by Crippen LogP contribution is -1.88. The van der Waals surface area contributed by atoms with Gasteiger partial charge in [-0.3, -0.25) is 4.98 Å². The summed E-state index contributed by atoms with van der Waals surface area (Å²) in [6.45, 7) is 1.97. The summed E-state index contributed by atoms with van der Waals surface area (Å²) >= 11 is 3.30. The lowest BCUT2D eigenvalue weighted by Gasteiger charge is -2.03. The van der Waals surface area contributed by atoms with Crippen molar-refractivity contribution in [2.45, 2.75) is 11.8 Å². The van der Waals surface area contributed by atoms with Crippen LogP contribution in [0.3, 0.4) is 0 Å². The minimum Gasteiger partial charge on any atom is -0.253 e. The van der Waals surface area contributed by atoms with Gasteiger partial charge in [0.25, 0.3) is 0 Å². The average molecular weight is 261 g/mol. The second kappa shape index (κ2) is 4.00.